The number of aromatic nitrogens is 2. The average molecular weight is 333 g/mol. The van der Waals surface area contributed by atoms with Gasteiger partial charge >= 0.3 is 0 Å². The molecule has 0 aliphatic rings. The highest BCUT2D eigenvalue weighted by molar-refractivity contribution is 5.94. The highest BCUT2D eigenvalue weighted by Gasteiger charge is 2.09. The van der Waals surface area contributed by atoms with Crippen LogP contribution in [-0.2, 0) is 0 Å². The number of nitrogens with two attached hydrogens (primary N) is 1. The lowest BCUT2D eigenvalue weighted by Crippen LogP contribution is -2.05. The molecule has 0 unspecified atom stereocenters. The second kappa shape index (κ2) is 7.00. The number of nitrogen functional groups attached to an aromatic ring is 1. The molecule has 3 aromatic rings. The first-order valence-electron chi connectivity index (χ1n) is 7.85. The predicted octanol–water partition coefficient (Wildman–Crippen LogP) is 4.06. The van der Waals surface area contributed by atoms with Crippen LogP contribution in [-0.4, -0.2) is 15.8 Å². The molecule has 0 atom stereocenters. The molecular formula is C19H19N5O. The van der Waals surface area contributed by atoms with Gasteiger partial charge in [0.05, 0.1) is 0 Å². The Labute approximate surface area is 146 Å². The van der Waals surface area contributed by atoms with Crippen LogP contribution in [0.15, 0.2) is 54.9 Å². The topological polar surface area (TPSA) is 92.9 Å². The molecule has 0 saturated carbocycles. The van der Waals surface area contributed by atoms with Crippen LogP contribution < -0.4 is 16.4 Å². The Morgan fingerprint density at radius 3 is 1.84 bits per heavy atom. The zero-order chi connectivity index (χ0) is 17.8. The standard InChI is InChI=1S/C19H19N5O/c1-12-3-7-15(8-4-12)23-18-17(20)19(22-11-21-18)24-16-9-5-14(6-10-16)13(2)25/h3-11H,20H2,1-2H3,(H2,21,22,23,24). The van der Waals surface area contributed by atoms with Crippen LogP contribution in [0.2, 0.25) is 0 Å². The summed E-state index contributed by atoms with van der Waals surface area (Å²) in [7, 11) is 0. The van der Waals surface area contributed by atoms with Crippen LogP contribution >= 0.6 is 0 Å². The molecule has 4 N–H and O–H groups in total. The molecule has 0 fully saturated rings. The normalized spacial score (nSPS) is 10.3. The minimum Gasteiger partial charge on any atom is -0.393 e. The van der Waals surface area contributed by atoms with Gasteiger partial charge in [0.25, 0.3) is 0 Å². The van der Waals surface area contributed by atoms with Gasteiger partial charge in [0.1, 0.15) is 12.0 Å². The molecule has 2 aromatic carbocycles. The van der Waals surface area contributed by atoms with E-state index in [0.717, 1.165) is 11.4 Å². The summed E-state index contributed by atoms with van der Waals surface area (Å²) in [4.78, 5) is 19.7. The summed E-state index contributed by atoms with van der Waals surface area (Å²) in [5.41, 5.74) is 10.1. The Morgan fingerprint density at radius 1 is 0.880 bits per heavy atom. The van der Waals surface area contributed by atoms with Gasteiger partial charge in [0.15, 0.2) is 17.4 Å². The van der Waals surface area contributed by atoms with E-state index in [4.69, 9.17) is 5.73 Å². The molecule has 0 aliphatic carbocycles. The van der Waals surface area contributed by atoms with E-state index in [9.17, 15) is 4.79 Å². The van der Waals surface area contributed by atoms with Gasteiger partial charge in [-0.15, -0.1) is 0 Å². The molecule has 25 heavy (non-hydrogen) atoms. The summed E-state index contributed by atoms with van der Waals surface area (Å²) in [5, 5.41) is 6.34. The van der Waals surface area contributed by atoms with E-state index < -0.39 is 0 Å². The first-order chi connectivity index (χ1) is 12.0. The first-order valence-corrected chi connectivity index (χ1v) is 7.85. The van der Waals surface area contributed by atoms with Gasteiger partial charge in [-0.25, -0.2) is 9.97 Å². The minimum absolute atomic E-state index is 0.0256. The number of hydrogen-bond acceptors (Lipinski definition) is 6. The van der Waals surface area contributed by atoms with Crippen LogP contribution in [0, 0.1) is 6.92 Å². The number of carbonyl (C=O) groups excluding carboxylic acids is 1. The number of Topliss-reactive ketones (excluding diaryl/α,β-unsaturated/α-hetero) is 1. The summed E-state index contributed by atoms with van der Waals surface area (Å²) < 4.78 is 0. The van der Waals surface area contributed by atoms with E-state index in [-0.39, 0.29) is 5.78 Å². The quantitative estimate of drug-likeness (QED) is 0.610. The van der Waals surface area contributed by atoms with Crippen molar-refractivity contribution in [2.24, 2.45) is 0 Å². The van der Waals surface area contributed by atoms with E-state index >= 15 is 0 Å². The lowest BCUT2D eigenvalue weighted by atomic mass is 10.1. The van der Waals surface area contributed by atoms with Gasteiger partial charge < -0.3 is 16.4 Å². The third-order valence-electron chi connectivity index (χ3n) is 3.75. The molecule has 0 aliphatic heterocycles. The van der Waals surface area contributed by atoms with Crippen molar-refractivity contribution in [3.63, 3.8) is 0 Å². The Balaban J connectivity index is 1.80. The predicted molar refractivity (Wildman–Crippen MR) is 101 cm³/mol. The number of nitrogens with one attached hydrogen (secondary N) is 2. The van der Waals surface area contributed by atoms with Crippen LogP contribution in [0.3, 0.4) is 0 Å². The number of ketones is 1. The molecule has 0 bridgehead atoms. The van der Waals surface area contributed by atoms with Gasteiger partial charge in [-0.2, -0.15) is 0 Å². The summed E-state index contributed by atoms with van der Waals surface area (Å²) in [6.07, 6.45) is 1.44. The van der Waals surface area contributed by atoms with E-state index in [1.165, 1.54) is 18.8 Å². The summed E-state index contributed by atoms with van der Waals surface area (Å²) in [6, 6.07) is 15.1. The number of anilines is 5. The number of aryl methyl sites for hydroxylation is 1. The Morgan fingerprint density at radius 2 is 1.36 bits per heavy atom. The molecule has 1 heterocycles. The maximum absolute atomic E-state index is 11.3. The van der Waals surface area contributed by atoms with Crippen molar-refractivity contribution in [2.75, 3.05) is 16.4 Å². The number of benzene rings is 2. The molecule has 0 saturated heterocycles. The fraction of sp³-hybridized carbons (Fsp3) is 0.105. The molecule has 1 aromatic heterocycles. The fourth-order valence-corrected chi connectivity index (χ4v) is 2.29. The van der Waals surface area contributed by atoms with E-state index in [1.54, 1.807) is 12.1 Å². The second-order valence-electron chi connectivity index (χ2n) is 5.73. The molecule has 3 rings (SSSR count). The molecule has 0 amide bonds. The first kappa shape index (κ1) is 16.4. The van der Waals surface area contributed by atoms with Gasteiger partial charge in [-0.3, -0.25) is 4.79 Å². The molecular weight excluding hydrogens is 314 g/mol. The summed E-state index contributed by atoms with van der Waals surface area (Å²) in [6.45, 7) is 3.57. The number of nitrogens with zero attached hydrogens (tertiary/aromatic N) is 2. The van der Waals surface area contributed by atoms with Crippen molar-refractivity contribution in [3.05, 3.63) is 66.0 Å². The smallest absolute Gasteiger partial charge is 0.159 e. The maximum Gasteiger partial charge on any atom is 0.159 e. The molecule has 6 heteroatoms. The lowest BCUT2D eigenvalue weighted by molar-refractivity contribution is 0.101. The van der Waals surface area contributed by atoms with Crippen molar-refractivity contribution < 1.29 is 4.79 Å². The van der Waals surface area contributed by atoms with E-state index in [2.05, 4.69) is 20.6 Å². The van der Waals surface area contributed by atoms with Crippen molar-refractivity contribution in [2.45, 2.75) is 13.8 Å². The molecule has 6 nitrogen and oxygen atoms in total. The Kier molecular flexibility index (Phi) is 4.61. The Hall–Kier alpha value is -3.41. The molecule has 0 spiro atoms. The molecule has 0 radical (unpaired) electrons. The third-order valence-corrected chi connectivity index (χ3v) is 3.75. The average Bonchev–Trinajstić information content (AvgIpc) is 2.61. The van der Waals surface area contributed by atoms with Gasteiger partial charge in [0.2, 0.25) is 0 Å². The zero-order valence-corrected chi connectivity index (χ0v) is 14.1. The van der Waals surface area contributed by atoms with Crippen LogP contribution in [0.5, 0.6) is 0 Å². The Bertz CT molecular complexity index is 889. The SMILES string of the molecule is CC(=O)c1ccc(Nc2ncnc(Nc3ccc(C)cc3)c2N)cc1. The maximum atomic E-state index is 11.3. The highest BCUT2D eigenvalue weighted by atomic mass is 16.1. The van der Waals surface area contributed by atoms with Gasteiger partial charge in [0, 0.05) is 16.9 Å². The number of carbonyl (C=O) groups is 1. The van der Waals surface area contributed by atoms with Crippen LogP contribution in [0.1, 0.15) is 22.8 Å². The monoisotopic (exact) mass is 333 g/mol. The van der Waals surface area contributed by atoms with Crippen LogP contribution in [0.25, 0.3) is 0 Å². The zero-order valence-electron chi connectivity index (χ0n) is 14.1. The van der Waals surface area contributed by atoms with E-state index in [1.807, 2.05) is 43.3 Å². The minimum atomic E-state index is 0.0256. The second-order valence-corrected chi connectivity index (χ2v) is 5.73. The summed E-state index contributed by atoms with van der Waals surface area (Å²) >= 11 is 0. The number of hydrogen-bond donors (Lipinski definition) is 3. The number of rotatable bonds is 5. The van der Waals surface area contributed by atoms with Gasteiger partial charge in [-0.1, -0.05) is 17.7 Å². The highest BCUT2D eigenvalue weighted by Crippen LogP contribution is 2.28. The van der Waals surface area contributed by atoms with Crippen molar-refractivity contribution in [1.29, 1.82) is 0 Å². The third kappa shape index (κ3) is 3.92. The van der Waals surface area contributed by atoms with Crippen molar-refractivity contribution in [1.82, 2.24) is 9.97 Å². The lowest BCUT2D eigenvalue weighted by Gasteiger charge is -2.13. The largest absolute Gasteiger partial charge is 0.393 e. The fourth-order valence-electron chi connectivity index (χ4n) is 2.29. The molecule has 126 valence electrons. The van der Waals surface area contributed by atoms with E-state index in [0.29, 0.717) is 22.9 Å². The van der Waals surface area contributed by atoms with Crippen molar-refractivity contribution in [3.8, 4) is 0 Å². The van der Waals surface area contributed by atoms with Crippen molar-refractivity contribution >= 4 is 34.5 Å². The van der Waals surface area contributed by atoms with Crippen LogP contribution in [0.4, 0.5) is 28.7 Å². The van der Waals surface area contributed by atoms with Gasteiger partial charge in [-0.05, 0) is 50.2 Å². The summed E-state index contributed by atoms with van der Waals surface area (Å²) in [5.74, 6) is 1.06.